The molecule has 2 rings (SSSR count). The van der Waals surface area contributed by atoms with Crippen molar-refractivity contribution in [1.29, 1.82) is 0 Å². The van der Waals surface area contributed by atoms with E-state index in [1.807, 2.05) is 18.2 Å². The molecule has 1 aliphatic carbocycles. The standard InChI is InChI=1S/C12H16ClN/c1-12(5-6-12)9-14-8-10-3-2-4-11(13)7-10/h2-4,7,14H,5-6,8-9H2,1H3. The molecule has 0 amide bonds. The molecule has 1 aliphatic rings. The molecule has 0 radical (unpaired) electrons. The van der Waals surface area contributed by atoms with Crippen molar-refractivity contribution < 1.29 is 0 Å². The van der Waals surface area contributed by atoms with Crippen molar-refractivity contribution in [2.45, 2.75) is 26.3 Å². The van der Waals surface area contributed by atoms with Crippen LogP contribution in [0.2, 0.25) is 5.02 Å². The number of hydrogen-bond donors (Lipinski definition) is 1. The maximum Gasteiger partial charge on any atom is 0.0409 e. The van der Waals surface area contributed by atoms with Gasteiger partial charge in [0.1, 0.15) is 0 Å². The summed E-state index contributed by atoms with van der Waals surface area (Å²) in [6.45, 7) is 4.38. The topological polar surface area (TPSA) is 12.0 Å². The molecule has 14 heavy (non-hydrogen) atoms. The third-order valence-corrected chi connectivity index (χ3v) is 3.11. The van der Waals surface area contributed by atoms with E-state index < -0.39 is 0 Å². The van der Waals surface area contributed by atoms with Crippen LogP contribution in [0.1, 0.15) is 25.3 Å². The molecule has 1 fully saturated rings. The Bertz CT molecular complexity index is 318. The monoisotopic (exact) mass is 209 g/mol. The lowest BCUT2D eigenvalue weighted by Crippen LogP contribution is -2.21. The zero-order valence-corrected chi connectivity index (χ0v) is 9.27. The Morgan fingerprint density at radius 1 is 1.43 bits per heavy atom. The lowest BCUT2D eigenvalue weighted by molar-refractivity contribution is 0.499. The Kier molecular flexibility index (Phi) is 2.80. The molecule has 1 nitrogen and oxygen atoms in total. The minimum absolute atomic E-state index is 0.582. The van der Waals surface area contributed by atoms with Gasteiger partial charge in [-0.1, -0.05) is 30.7 Å². The molecule has 2 heteroatoms. The predicted molar refractivity (Wildman–Crippen MR) is 60.5 cm³/mol. The molecule has 0 bridgehead atoms. The second-order valence-electron chi connectivity index (χ2n) is 4.54. The molecule has 0 unspecified atom stereocenters. The van der Waals surface area contributed by atoms with Gasteiger partial charge in [0.05, 0.1) is 0 Å². The van der Waals surface area contributed by atoms with Crippen LogP contribution in [-0.4, -0.2) is 6.54 Å². The van der Waals surface area contributed by atoms with Crippen LogP contribution >= 0.6 is 11.6 Å². The number of rotatable bonds is 4. The van der Waals surface area contributed by atoms with Gasteiger partial charge in [-0.05, 0) is 36.0 Å². The SMILES string of the molecule is CC1(CNCc2cccc(Cl)c2)CC1. The van der Waals surface area contributed by atoms with Gasteiger partial charge < -0.3 is 5.32 Å². The van der Waals surface area contributed by atoms with Crippen LogP contribution in [0.3, 0.4) is 0 Å². The molecular weight excluding hydrogens is 194 g/mol. The zero-order chi connectivity index (χ0) is 10.0. The van der Waals surface area contributed by atoms with Crippen molar-refractivity contribution in [2.75, 3.05) is 6.54 Å². The van der Waals surface area contributed by atoms with Gasteiger partial charge in [-0.3, -0.25) is 0 Å². The normalized spacial score (nSPS) is 18.1. The van der Waals surface area contributed by atoms with E-state index in [4.69, 9.17) is 11.6 Å². The Balaban J connectivity index is 1.80. The van der Waals surface area contributed by atoms with Crippen LogP contribution in [0.15, 0.2) is 24.3 Å². The molecule has 1 aromatic carbocycles. The van der Waals surface area contributed by atoms with Gasteiger partial charge in [0.25, 0.3) is 0 Å². The average molecular weight is 210 g/mol. The van der Waals surface area contributed by atoms with Crippen molar-refractivity contribution >= 4 is 11.6 Å². The van der Waals surface area contributed by atoms with Crippen molar-refractivity contribution in [3.8, 4) is 0 Å². The lowest BCUT2D eigenvalue weighted by Gasteiger charge is -2.09. The summed E-state index contributed by atoms with van der Waals surface area (Å²) in [5.74, 6) is 0. The highest BCUT2D eigenvalue weighted by Gasteiger charge is 2.36. The number of hydrogen-bond acceptors (Lipinski definition) is 1. The molecule has 0 atom stereocenters. The quantitative estimate of drug-likeness (QED) is 0.803. The summed E-state index contributed by atoms with van der Waals surface area (Å²) in [4.78, 5) is 0. The Morgan fingerprint density at radius 3 is 2.86 bits per heavy atom. The van der Waals surface area contributed by atoms with E-state index in [0.29, 0.717) is 5.41 Å². The average Bonchev–Trinajstić information content (AvgIpc) is 2.84. The van der Waals surface area contributed by atoms with Crippen molar-refractivity contribution in [3.63, 3.8) is 0 Å². The third-order valence-electron chi connectivity index (χ3n) is 2.87. The van der Waals surface area contributed by atoms with Gasteiger partial charge in [-0.25, -0.2) is 0 Å². The van der Waals surface area contributed by atoms with Crippen LogP contribution in [0.25, 0.3) is 0 Å². The molecule has 1 aromatic rings. The molecule has 0 aromatic heterocycles. The smallest absolute Gasteiger partial charge is 0.0409 e. The van der Waals surface area contributed by atoms with Crippen LogP contribution in [-0.2, 0) is 6.54 Å². The molecule has 0 saturated heterocycles. The Morgan fingerprint density at radius 2 is 2.21 bits per heavy atom. The molecule has 0 spiro atoms. The fourth-order valence-electron chi connectivity index (χ4n) is 1.55. The summed E-state index contributed by atoms with van der Waals surface area (Å²) in [7, 11) is 0. The molecule has 0 heterocycles. The highest BCUT2D eigenvalue weighted by atomic mass is 35.5. The Labute approximate surface area is 90.5 Å². The first-order chi connectivity index (χ1) is 6.68. The Hall–Kier alpha value is -0.530. The minimum atomic E-state index is 0.582. The van der Waals surface area contributed by atoms with E-state index in [1.165, 1.54) is 18.4 Å². The van der Waals surface area contributed by atoms with Crippen molar-refractivity contribution in [3.05, 3.63) is 34.9 Å². The molecule has 76 valence electrons. The van der Waals surface area contributed by atoms with Gasteiger partial charge in [-0.15, -0.1) is 0 Å². The van der Waals surface area contributed by atoms with E-state index in [0.717, 1.165) is 18.1 Å². The zero-order valence-electron chi connectivity index (χ0n) is 8.52. The number of benzene rings is 1. The van der Waals surface area contributed by atoms with Gasteiger partial charge >= 0.3 is 0 Å². The van der Waals surface area contributed by atoms with Crippen molar-refractivity contribution in [2.24, 2.45) is 5.41 Å². The second-order valence-corrected chi connectivity index (χ2v) is 4.98. The maximum absolute atomic E-state index is 5.90. The highest BCUT2D eigenvalue weighted by Crippen LogP contribution is 2.44. The summed E-state index contributed by atoms with van der Waals surface area (Å²) in [6, 6.07) is 8.03. The number of nitrogens with one attached hydrogen (secondary N) is 1. The predicted octanol–water partition coefficient (Wildman–Crippen LogP) is 3.23. The van der Waals surface area contributed by atoms with E-state index in [2.05, 4.69) is 18.3 Å². The van der Waals surface area contributed by atoms with E-state index in [-0.39, 0.29) is 0 Å². The summed E-state index contributed by atoms with van der Waals surface area (Å²) in [6.07, 6.45) is 2.74. The minimum Gasteiger partial charge on any atom is -0.312 e. The molecule has 1 saturated carbocycles. The van der Waals surface area contributed by atoms with E-state index in [1.54, 1.807) is 0 Å². The fraction of sp³-hybridized carbons (Fsp3) is 0.500. The lowest BCUT2D eigenvalue weighted by atomic mass is 10.1. The van der Waals surface area contributed by atoms with Crippen LogP contribution in [0.5, 0.6) is 0 Å². The first kappa shape index (κ1) is 10.0. The van der Waals surface area contributed by atoms with Crippen LogP contribution in [0, 0.1) is 5.41 Å². The first-order valence-electron chi connectivity index (χ1n) is 5.13. The first-order valence-corrected chi connectivity index (χ1v) is 5.51. The van der Waals surface area contributed by atoms with E-state index in [9.17, 15) is 0 Å². The number of halogens is 1. The van der Waals surface area contributed by atoms with Gasteiger partial charge in [0.15, 0.2) is 0 Å². The molecule has 1 N–H and O–H groups in total. The van der Waals surface area contributed by atoms with Gasteiger partial charge in [0, 0.05) is 18.1 Å². The molecular formula is C12H16ClN. The highest BCUT2D eigenvalue weighted by molar-refractivity contribution is 6.30. The summed E-state index contributed by atoms with van der Waals surface area (Å²) in [5, 5.41) is 4.29. The summed E-state index contributed by atoms with van der Waals surface area (Å²) >= 11 is 5.90. The fourth-order valence-corrected chi connectivity index (χ4v) is 1.76. The van der Waals surface area contributed by atoms with Crippen molar-refractivity contribution in [1.82, 2.24) is 5.32 Å². The van der Waals surface area contributed by atoms with Gasteiger partial charge in [-0.2, -0.15) is 0 Å². The molecule has 0 aliphatic heterocycles. The van der Waals surface area contributed by atoms with Crippen LogP contribution < -0.4 is 5.32 Å². The third kappa shape index (κ3) is 2.73. The van der Waals surface area contributed by atoms with Crippen LogP contribution in [0.4, 0.5) is 0 Å². The summed E-state index contributed by atoms with van der Waals surface area (Å²) < 4.78 is 0. The second kappa shape index (κ2) is 3.92. The summed E-state index contributed by atoms with van der Waals surface area (Å²) in [5.41, 5.74) is 1.85. The largest absolute Gasteiger partial charge is 0.312 e. The maximum atomic E-state index is 5.90. The van der Waals surface area contributed by atoms with Gasteiger partial charge in [0.2, 0.25) is 0 Å². The van der Waals surface area contributed by atoms with E-state index >= 15 is 0 Å².